The van der Waals surface area contributed by atoms with Crippen LogP contribution in [-0.4, -0.2) is 4.98 Å². The molecule has 0 spiro atoms. The third-order valence-electron chi connectivity index (χ3n) is 2.57. The smallest absolute Gasteiger partial charge is 0.187 e. The summed E-state index contributed by atoms with van der Waals surface area (Å²) < 4.78 is 0. The Hall–Kier alpha value is -1.57. The van der Waals surface area contributed by atoms with E-state index in [1.165, 1.54) is 4.88 Å². The van der Waals surface area contributed by atoms with Crippen LogP contribution in [0.1, 0.15) is 23.1 Å². The van der Waals surface area contributed by atoms with E-state index in [-0.39, 0.29) is 0 Å². The van der Waals surface area contributed by atoms with Gasteiger partial charge in [0.25, 0.3) is 0 Å². The molecule has 1 aromatic carbocycles. The lowest BCUT2D eigenvalue weighted by atomic mass is 10.2. The number of anilines is 2. The standard InChI is InChI=1S/C13H12ClN3S/c1-3-11-8(2)18-13(16-11)17-12-5-4-9(7-15)6-10(12)14/h4-6H,3H2,1-2H3,(H,16,17). The number of nitrogens with one attached hydrogen (secondary N) is 1. The van der Waals surface area contributed by atoms with Gasteiger partial charge in [-0.15, -0.1) is 11.3 Å². The zero-order valence-electron chi connectivity index (χ0n) is 10.1. The number of aromatic nitrogens is 1. The van der Waals surface area contributed by atoms with E-state index in [4.69, 9.17) is 16.9 Å². The minimum atomic E-state index is 0.528. The van der Waals surface area contributed by atoms with Gasteiger partial charge in [0.05, 0.1) is 28.0 Å². The van der Waals surface area contributed by atoms with Crippen molar-refractivity contribution in [2.24, 2.45) is 0 Å². The predicted octanol–water partition coefficient (Wildman–Crippen LogP) is 4.28. The summed E-state index contributed by atoms with van der Waals surface area (Å²) in [7, 11) is 0. The number of hydrogen-bond acceptors (Lipinski definition) is 4. The van der Waals surface area contributed by atoms with Crippen molar-refractivity contribution >= 4 is 33.8 Å². The van der Waals surface area contributed by atoms with E-state index in [0.717, 1.165) is 22.9 Å². The molecule has 0 fully saturated rings. The molecular formula is C13H12ClN3S. The molecule has 92 valence electrons. The highest BCUT2D eigenvalue weighted by Gasteiger charge is 2.08. The molecule has 0 radical (unpaired) electrons. The van der Waals surface area contributed by atoms with Gasteiger partial charge in [0.15, 0.2) is 5.13 Å². The Kier molecular flexibility index (Phi) is 3.85. The van der Waals surface area contributed by atoms with Crippen LogP contribution in [0.2, 0.25) is 5.02 Å². The van der Waals surface area contributed by atoms with Gasteiger partial charge in [-0.3, -0.25) is 0 Å². The first-order valence-electron chi connectivity index (χ1n) is 5.57. The third-order valence-corrected chi connectivity index (χ3v) is 3.81. The Labute approximate surface area is 115 Å². The zero-order valence-corrected chi connectivity index (χ0v) is 11.7. The molecule has 0 bridgehead atoms. The molecule has 0 amide bonds. The molecule has 3 nitrogen and oxygen atoms in total. The van der Waals surface area contributed by atoms with Crippen LogP contribution < -0.4 is 5.32 Å². The van der Waals surface area contributed by atoms with Crippen LogP contribution >= 0.6 is 22.9 Å². The lowest BCUT2D eigenvalue weighted by Crippen LogP contribution is -1.91. The lowest BCUT2D eigenvalue weighted by molar-refractivity contribution is 1.05. The molecule has 0 aliphatic carbocycles. The summed E-state index contributed by atoms with van der Waals surface area (Å²) in [4.78, 5) is 5.70. The van der Waals surface area contributed by atoms with Crippen molar-refractivity contribution in [1.29, 1.82) is 5.26 Å². The third kappa shape index (κ3) is 2.63. The van der Waals surface area contributed by atoms with Gasteiger partial charge in [-0.05, 0) is 31.5 Å². The van der Waals surface area contributed by atoms with Crippen molar-refractivity contribution in [3.63, 3.8) is 0 Å². The Morgan fingerprint density at radius 2 is 2.28 bits per heavy atom. The maximum absolute atomic E-state index is 8.77. The lowest BCUT2D eigenvalue weighted by Gasteiger charge is -2.04. The number of hydrogen-bond donors (Lipinski definition) is 1. The molecule has 5 heteroatoms. The van der Waals surface area contributed by atoms with Gasteiger partial charge in [-0.25, -0.2) is 4.98 Å². The van der Waals surface area contributed by atoms with Crippen LogP contribution in [0.5, 0.6) is 0 Å². The Morgan fingerprint density at radius 3 is 2.83 bits per heavy atom. The Bertz CT molecular complexity index is 613. The number of aryl methyl sites for hydroxylation is 2. The average molecular weight is 278 g/mol. The summed E-state index contributed by atoms with van der Waals surface area (Å²) in [5.41, 5.74) is 2.43. The number of halogens is 1. The summed E-state index contributed by atoms with van der Waals surface area (Å²) in [6.45, 7) is 4.14. The molecule has 2 aromatic rings. The van der Waals surface area contributed by atoms with Crippen LogP contribution in [0.15, 0.2) is 18.2 Å². The Balaban J connectivity index is 2.26. The van der Waals surface area contributed by atoms with Gasteiger partial charge in [-0.1, -0.05) is 18.5 Å². The van der Waals surface area contributed by atoms with Crippen molar-refractivity contribution in [2.75, 3.05) is 5.32 Å². The zero-order chi connectivity index (χ0) is 13.1. The van der Waals surface area contributed by atoms with E-state index >= 15 is 0 Å². The van der Waals surface area contributed by atoms with Crippen LogP contribution in [-0.2, 0) is 6.42 Å². The van der Waals surface area contributed by atoms with Crippen molar-refractivity contribution in [1.82, 2.24) is 4.98 Å². The summed E-state index contributed by atoms with van der Waals surface area (Å²) in [5, 5.41) is 13.3. The van der Waals surface area contributed by atoms with Gasteiger partial charge < -0.3 is 5.32 Å². The molecule has 1 N–H and O–H groups in total. The highest BCUT2D eigenvalue weighted by molar-refractivity contribution is 7.15. The van der Waals surface area contributed by atoms with Crippen LogP contribution in [0.25, 0.3) is 0 Å². The topological polar surface area (TPSA) is 48.7 Å². The Morgan fingerprint density at radius 1 is 1.50 bits per heavy atom. The first-order valence-corrected chi connectivity index (χ1v) is 6.76. The summed E-state index contributed by atoms with van der Waals surface area (Å²) in [6.07, 6.45) is 0.922. The molecule has 18 heavy (non-hydrogen) atoms. The molecular weight excluding hydrogens is 266 g/mol. The van der Waals surface area contributed by atoms with Crippen molar-refractivity contribution < 1.29 is 0 Å². The molecule has 0 atom stereocenters. The fourth-order valence-corrected chi connectivity index (χ4v) is 2.75. The van der Waals surface area contributed by atoms with E-state index < -0.39 is 0 Å². The fraction of sp³-hybridized carbons (Fsp3) is 0.231. The van der Waals surface area contributed by atoms with Crippen LogP contribution in [0.4, 0.5) is 10.8 Å². The average Bonchev–Trinajstić information content (AvgIpc) is 2.72. The van der Waals surface area contributed by atoms with Crippen molar-refractivity contribution in [3.05, 3.63) is 39.4 Å². The predicted molar refractivity (Wildman–Crippen MR) is 75.7 cm³/mol. The first-order chi connectivity index (χ1) is 8.63. The normalized spacial score (nSPS) is 10.1. The minimum absolute atomic E-state index is 0.528. The maximum atomic E-state index is 8.77. The van der Waals surface area contributed by atoms with Gasteiger partial charge in [0.1, 0.15) is 0 Å². The second kappa shape index (κ2) is 5.38. The van der Waals surface area contributed by atoms with E-state index in [1.807, 2.05) is 0 Å². The van der Waals surface area contributed by atoms with Gasteiger partial charge in [-0.2, -0.15) is 5.26 Å². The van der Waals surface area contributed by atoms with Crippen molar-refractivity contribution in [2.45, 2.75) is 20.3 Å². The monoisotopic (exact) mass is 277 g/mol. The molecule has 1 aromatic heterocycles. The SMILES string of the molecule is CCc1nc(Nc2ccc(C#N)cc2Cl)sc1C. The molecule has 0 aliphatic heterocycles. The van der Waals surface area contributed by atoms with Gasteiger partial charge >= 0.3 is 0 Å². The molecule has 0 aliphatic rings. The van der Waals surface area contributed by atoms with E-state index in [2.05, 4.69) is 30.2 Å². The highest BCUT2D eigenvalue weighted by Crippen LogP contribution is 2.30. The number of nitrogens with zero attached hydrogens (tertiary/aromatic N) is 2. The number of nitriles is 1. The summed E-state index contributed by atoms with van der Waals surface area (Å²) in [6, 6.07) is 7.23. The number of thiazole rings is 1. The van der Waals surface area contributed by atoms with Crippen LogP contribution in [0, 0.1) is 18.3 Å². The number of benzene rings is 1. The largest absolute Gasteiger partial charge is 0.330 e. The molecule has 1 heterocycles. The molecule has 0 saturated carbocycles. The van der Waals surface area contributed by atoms with E-state index in [9.17, 15) is 0 Å². The van der Waals surface area contributed by atoms with E-state index in [1.54, 1.807) is 29.5 Å². The minimum Gasteiger partial charge on any atom is -0.330 e. The highest BCUT2D eigenvalue weighted by atomic mass is 35.5. The first kappa shape index (κ1) is 12.9. The second-order valence-electron chi connectivity index (χ2n) is 3.81. The number of rotatable bonds is 3. The fourth-order valence-electron chi connectivity index (χ4n) is 1.61. The molecule has 0 saturated heterocycles. The molecule has 2 rings (SSSR count). The second-order valence-corrected chi connectivity index (χ2v) is 5.42. The van der Waals surface area contributed by atoms with E-state index in [0.29, 0.717) is 10.6 Å². The molecule has 0 unspecified atom stereocenters. The van der Waals surface area contributed by atoms with Crippen LogP contribution in [0.3, 0.4) is 0 Å². The summed E-state index contributed by atoms with van der Waals surface area (Å²) >= 11 is 7.71. The summed E-state index contributed by atoms with van der Waals surface area (Å²) in [5.74, 6) is 0. The quantitative estimate of drug-likeness (QED) is 0.911. The van der Waals surface area contributed by atoms with Crippen molar-refractivity contribution in [3.8, 4) is 6.07 Å². The van der Waals surface area contributed by atoms with Gasteiger partial charge in [0, 0.05) is 4.88 Å². The van der Waals surface area contributed by atoms with Gasteiger partial charge in [0.2, 0.25) is 0 Å². The maximum Gasteiger partial charge on any atom is 0.187 e.